The van der Waals surface area contributed by atoms with Crippen LogP contribution in [0.5, 0.6) is 0 Å². The molecule has 0 unspecified atom stereocenters. The van der Waals surface area contributed by atoms with Crippen LogP contribution in [0.25, 0.3) is 0 Å². The van der Waals surface area contributed by atoms with E-state index in [0.29, 0.717) is 0 Å². The van der Waals surface area contributed by atoms with Crippen molar-refractivity contribution in [3.05, 3.63) is 51.2 Å². The Morgan fingerprint density at radius 2 is 1.79 bits per heavy atom. The quantitative estimate of drug-likeness (QED) is 0.820. The molecule has 0 amide bonds. The number of rotatable bonds is 6. The average molecular weight is 278 g/mol. The summed E-state index contributed by atoms with van der Waals surface area (Å²) in [5.74, 6) is -0.175. The highest BCUT2D eigenvalue weighted by Gasteiger charge is 2.02. The van der Waals surface area contributed by atoms with Crippen LogP contribution in [0.1, 0.15) is 21.1 Å². The lowest BCUT2D eigenvalue weighted by Gasteiger charge is -2.03. The molecule has 2 aromatic rings. The topological polar surface area (TPSA) is 24.9 Å². The average Bonchev–Trinajstić information content (AvgIpc) is 2.71. The Kier molecular flexibility index (Phi) is 5.05. The molecule has 1 N–H and O–H groups in total. The first-order chi connectivity index (χ1) is 9.15. The van der Waals surface area contributed by atoms with Crippen molar-refractivity contribution in [1.82, 2.24) is 10.3 Å². The predicted molar refractivity (Wildman–Crippen MR) is 78.3 cm³/mol. The maximum absolute atomic E-state index is 12.7. The smallest absolute Gasteiger partial charge is 0.123 e. The summed E-state index contributed by atoms with van der Waals surface area (Å²) in [6.45, 7) is 6.01. The highest BCUT2D eigenvalue weighted by atomic mass is 32.1. The largest absolute Gasteiger partial charge is 0.316 e. The second kappa shape index (κ2) is 6.78. The van der Waals surface area contributed by atoms with Crippen LogP contribution in [0.2, 0.25) is 0 Å². The van der Waals surface area contributed by atoms with Gasteiger partial charge in [-0.25, -0.2) is 9.37 Å². The lowest BCUT2D eigenvalue weighted by Crippen LogP contribution is -2.20. The van der Waals surface area contributed by atoms with Gasteiger partial charge in [0.15, 0.2) is 0 Å². The van der Waals surface area contributed by atoms with E-state index in [-0.39, 0.29) is 5.82 Å². The van der Waals surface area contributed by atoms with E-state index in [4.69, 9.17) is 0 Å². The molecule has 2 nitrogen and oxygen atoms in total. The van der Waals surface area contributed by atoms with Gasteiger partial charge in [0.05, 0.1) is 10.7 Å². The zero-order valence-electron chi connectivity index (χ0n) is 11.4. The van der Waals surface area contributed by atoms with Crippen molar-refractivity contribution in [1.29, 1.82) is 0 Å². The minimum atomic E-state index is -0.175. The van der Waals surface area contributed by atoms with Crippen molar-refractivity contribution < 1.29 is 4.39 Å². The van der Waals surface area contributed by atoms with Gasteiger partial charge in [0.2, 0.25) is 0 Å². The third-order valence-electron chi connectivity index (χ3n) is 3.09. The van der Waals surface area contributed by atoms with Gasteiger partial charge in [-0.2, -0.15) is 0 Å². The number of nitrogens with zero attached hydrogens (tertiary/aromatic N) is 1. The molecule has 0 aliphatic rings. The molecule has 0 saturated heterocycles. The van der Waals surface area contributed by atoms with Gasteiger partial charge < -0.3 is 5.32 Å². The number of benzene rings is 1. The molecular weight excluding hydrogens is 259 g/mol. The standard InChI is InChI=1S/C15H19FN2S/c1-11-12(2)19-15(18-11)8-10-17-9-7-13-3-5-14(16)6-4-13/h3-6,17H,7-10H2,1-2H3. The summed E-state index contributed by atoms with van der Waals surface area (Å²) in [5.41, 5.74) is 2.31. The fourth-order valence-electron chi connectivity index (χ4n) is 1.85. The SMILES string of the molecule is Cc1nc(CCNCCc2ccc(F)cc2)sc1C. The molecule has 1 heterocycles. The van der Waals surface area contributed by atoms with Crippen LogP contribution in [-0.2, 0) is 12.8 Å². The molecule has 19 heavy (non-hydrogen) atoms. The lowest BCUT2D eigenvalue weighted by molar-refractivity contribution is 0.626. The molecule has 4 heteroatoms. The van der Waals surface area contributed by atoms with Gasteiger partial charge in [0, 0.05) is 17.8 Å². The molecule has 0 atom stereocenters. The first-order valence-electron chi connectivity index (χ1n) is 6.53. The van der Waals surface area contributed by atoms with Gasteiger partial charge in [-0.15, -0.1) is 11.3 Å². The number of aryl methyl sites for hydroxylation is 2. The number of thiazole rings is 1. The second-order valence-corrected chi connectivity index (χ2v) is 5.91. The molecule has 0 radical (unpaired) electrons. The van der Waals surface area contributed by atoms with Crippen LogP contribution in [0.3, 0.4) is 0 Å². The normalized spacial score (nSPS) is 10.9. The van der Waals surface area contributed by atoms with Crippen LogP contribution >= 0.6 is 11.3 Å². The van der Waals surface area contributed by atoms with E-state index in [0.717, 1.165) is 37.2 Å². The fraction of sp³-hybridized carbons (Fsp3) is 0.400. The van der Waals surface area contributed by atoms with Gasteiger partial charge in [-0.05, 0) is 44.5 Å². The Balaban J connectivity index is 1.66. The Morgan fingerprint density at radius 1 is 1.11 bits per heavy atom. The van der Waals surface area contributed by atoms with Crippen LogP contribution < -0.4 is 5.32 Å². The molecule has 0 saturated carbocycles. The summed E-state index contributed by atoms with van der Waals surface area (Å²) in [5, 5.41) is 4.60. The van der Waals surface area contributed by atoms with E-state index in [9.17, 15) is 4.39 Å². The number of nitrogens with one attached hydrogen (secondary N) is 1. The van der Waals surface area contributed by atoms with E-state index in [1.54, 1.807) is 11.3 Å². The predicted octanol–water partition coefficient (Wildman–Crippen LogP) is 3.27. The number of hydrogen-bond acceptors (Lipinski definition) is 3. The van der Waals surface area contributed by atoms with E-state index < -0.39 is 0 Å². The van der Waals surface area contributed by atoms with Gasteiger partial charge >= 0.3 is 0 Å². The van der Waals surface area contributed by atoms with Crippen molar-refractivity contribution in [2.75, 3.05) is 13.1 Å². The zero-order chi connectivity index (χ0) is 13.7. The van der Waals surface area contributed by atoms with Gasteiger partial charge in [0.1, 0.15) is 5.82 Å². The molecule has 102 valence electrons. The van der Waals surface area contributed by atoms with Crippen molar-refractivity contribution in [2.45, 2.75) is 26.7 Å². The van der Waals surface area contributed by atoms with Crippen molar-refractivity contribution in [3.63, 3.8) is 0 Å². The highest BCUT2D eigenvalue weighted by molar-refractivity contribution is 7.11. The molecule has 1 aromatic carbocycles. The number of aromatic nitrogens is 1. The first-order valence-corrected chi connectivity index (χ1v) is 7.35. The van der Waals surface area contributed by atoms with E-state index >= 15 is 0 Å². The summed E-state index contributed by atoms with van der Waals surface area (Å²) >= 11 is 1.78. The van der Waals surface area contributed by atoms with E-state index in [1.807, 2.05) is 12.1 Å². The third-order valence-corrected chi connectivity index (χ3v) is 4.22. The van der Waals surface area contributed by atoms with Gasteiger partial charge in [0.25, 0.3) is 0 Å². The van der Waals surface area contributed by atoms with Crippen molar-refractivity contribution >= 4 is 11.3 Å². The molecular formula is C15H19FN2S. The Hall–Kier alpha value is -1.26. The van der Waals surface area contributed by atoms with Crippen LogP contribution in [0.4, 0.5) is 4.39 Å². The molecule has 0 spiro atoms. The summed E-state index contributed by atoms with van der Waals surface area (Å²) < 4.78 is 12.7. The Bertz CT molecular complexity index is 500. The summed E-state index contributed by atoms with van der Waals surface area (Å²) in [7, 11) is 0. The van der Waals surface area contributed by atoms with Gasteiger partial charge in [-0.1, -0.05) is 12.1 Å². The maximum atomic E-state index is 12.7. The Morgan fingerprint density at radius 3 is 2.42 bits per heavy atom. The summed E-state index contributed by atoms with van der Waals surface area (Å²) in [6.07, 6.45) is 1.90. The molecule has 0 aliphatic heterocycles. The molecule has 0 bridgehead atoms. The molecule has 1 aromatic heterocycles. The van der Waals surface area contributed by atoms with Crippen LogP contribution in [0, 0.1) is 19.7 Å². The molecule has 0 fully saturated rings. The van der Waals surface area contributed by atoms with Crippen LogP contribution in [-0.4, -0.2) is 18.1 Å². The van der Waals surface area contributed by atoms with Crippen molar-refractivity contribution in [3.8, 4) is 0 Å². The minimum Gasteiger partial charge on any atom is -0.316 e. The lowest BCUT2D eigenvalue weighted by atomic mass is 10.1. The Labute approximate surface area is 117 Å². The monoisotopic (exact) mass is 278 g/mol. The first kappa shape index (κ1) is 14.2. The third kappa shape index (κ3) is 4.40. The number of halogens is 1. The summed E-state index contributed by atoms with van der Waals surface area (Å²) in [4.78, 5) is 5.82. The van der Waals surface area contributed by atoms with E-state index in [1.165, 1.54) is 22.0 Å². The summed E-state index contributed by atoms with van der Waals surface area (Å²) in [6, 6.07) is 6.70. The molecule has 2 rings (SSSR count). The van der Waals surface area contributed by atoms with Crippen molar-refractivity contribution in [2.24, 2.45) is 0 Å². The number of hydrogen-bond donors (Lipinski definition) is 1. The van der Waals surface area contributed by atoms with Crippen LogP contribution in [0.15, 0.2) is 24.3 Å². The molecule has 0 aliphatic carbocycles. The fourth-order valence-corrected chi connectivity index (χ4v) is 2.78. The maximum Gasteiger partial charge on any atom is 0.123 e. The second-order valence-electron chi connectivity index (χ2n) is 4.63. The zero-order valence-corrected chi connectivity index (χ0v) is 12.2. The highest BCUT2D eigenvalue weighted by Crippen LogP contribution is 2.16. The van der Waals surface area contributed by atoms with E-state index in [2.05, 4.69) is 24.1 Å². The van der Waals surface area contributed by atoms with Gasteiger partial charge in [-0.3, -0.25) is 0 Å². The minimum absolute atomic E-state index is 0.175.